The van der Waals surface area contributed by atoms with Crippen LogP contribution < -0.4 is 15.0 Å². The second kappa shape index (κ2) is 5.44. The molecule has 1 aromatic heterocycles. The standard InChI is InChI=1S/C11H18N4OS/c1-12-10-9(16-3)11(14-7-13-10)15(2)8-4-5-17-6-8/h7-8H,4-6H2,1-3H3,(H,12,13,14). The van der Waals surface area contributed by atoms with Crippen LogP contribution in [0.4, 0.5) is 11.6 Å². The number of methoxy groups -OCH3 is 1. The fraction of sp³-hybridized carbons (Fsp3) is 0.636. The van der Waals surface area contributed by atoms with Crippen LogP contribution in [-0.4, -0.2) is 48.7 Å². The van der Waals surface area contributed by atoms with Gasteiger partial charge in [-0.1, -0.05) is 0 Å². The Labute approximate surface area is 106 Å². The molecule has 1 aliphatic rings. The monoisotopic (exact) mass is 254 g/mol. The van der Waals surface area contributed by atoms with Crippen LogP contribution in [0.25, 0.3) is 0 Å². The van der Waals surface area contributed by atoms with Gasteiger partial charge in [-0.15, -0.1) is 0 Å². The van der Waals surface area contributed by atoms with Gasteiger partial charge in [0.1, 0.15) is 6.33 Å². The molecule has 0 spiro atoms. The van der Waals surface area contributed by atoms with E-state index in [2.05, 4.69) is 27.2 Å². The van der Waals surface area contributed by atoms with Gasteiger partial charge in [-0.2, -0.15) is 11.8 Å². The van der Waals surface area contributed by atoms with Crippen molar-refractivity contribution in [3.05, 3.63) is 6.33 Å². The predicted octanol–water partition coefficient (Wildman–Crippen LogP) is 1.47. The van der Waals surface area contributed by atoms with Crippen LogP contribution in [0.15, 0.2) is 6.33 Å². The van der Waals surface area contributed by atoms with Crippen molar-refractivity contribution < 1.29 is 4.74 Å². The second-order valence-electron chi connectivity index (χ2n) is 3.96. The van der Waals surface area contributed by atoms with E-state index in [1.165, 1.54) is 12.2 Å². The summed E-state index contributed by atoms with van der Waals surface area (Å²) >= 11 is 1.99. The highest BCUT2D eigenvalue weighted by Gasteiger charge is 2.24. The number of hydrogen-bond acceptors (Lipinski definition) is 6. The Kier molecular flexibility index (Phi) is 3.93. The van der Waals surface area contributed by atoms with E-state index in [0.717, 1.165) is 23.1 Å². The maximum absolute atomic E-state index is 5.41. The zero-order chi connectivity index (χ0) is 12.3. The van der Waals surface area contributed by atoms with Gasteiger partial charge < -0.3 is 15.0 Å². The first kappa shape index (κ1) is 12.3. The Hall–Kier alpha value is -1.17. The summed E-state index contributed by atoms with van der Waals surface area (Å²) in [5.41, 5.74) is 0. The average Bonchev–Trinajstić information content (AvgIpc) is 2.90. The van der Waals surface area contributed by atoms with Gasteiger partial charge in [0.2, 0.25) is 5.75 Å². The quantitative estimate of drug-likeness (QED) is 0.878. The molecule has 0 radical (unpaired) electrons. The van der Waals surface area contributed by atoms with Gasteiger partial charge in [0.25, 0.3) is 0 Å². The number of nitrogens with zero attached hydrogens (tertiary/aromatic N) is 3. The Morgan fingerprint density at radius 2 is 2.35 bits per heavy atom. The highest BCUT2D eigenvalue weighted by molar-refractivity contribution is 7.99. The van der Waals surface area contributed by atoms with Crippen LogP contribution in [0.2, 0.25) is 0 Å². The molecule has 1 fully saturated rings. The number of hydrogen-bond donors (Lipinski definition) is 1. The lowest BCUT2D eigenvalue weighted by Crippen LogP contribution is -2.32. The van der Waals surface area contributed by atoms with Crippen molar-refractivity contribution >= 4 is 23.4 Å². The van der Waals surface area contributed by atoms with Crippen LogP contribution >= 0.6 is 11.8 Å². The molecule has 2 rings (SSSR count). The van der Waals surface area contributed by atoms with Crippen LogP contribution in [0.5, 0.6) is 5.75 Å². The van der Waals surface area contributed by atoms with E-state index in [1.807, 2.05) is 18.8 Å². The van der Waals surface area contributed by atoms with Crippen molar-refractivity contribution in [2.24, 2.45) is 0 Å². The Bertz CT molecular complexity index is 382. The largest absolute Gasteiger partial charge is 0.490 e. The molecule has 0 aliphatic carbocycles. The molecule has 94 valence electrons. The first-order valence-electron chi connectivity index (χ1n) is 5.65. The van der Waals surface area contributed by atoms with E-state index in [0.29, 0.717) is 6.04 Å². The lowest BCUT2D eigenvalue weighted by Gasteiger charge is -2.26. The Morgan fingerprint density at radius 1 is 1.53 bits per heavy atom. The van der Waals surface area contributed by atoms with Crippen LogP contribution in [0, 0.1) is 0 Å². The third kappa shape index (κ3) is 2.41. The fourth-order valence-corrected chi connectivity index (χ4v) is 3.25. The summed E-state index contributed by atoms with van der Waals surface area (Å²) in [7, 11) is 5.56. The van der Waals surface area contributed by atoms with Gasteiger partial charge in [0, 0.05) is 25.9 Å². The lowest BCUT2D eigenvalue weighted by molar-refractivity contribution is 0.412. The van der Waals surface area contributed by atoms with Gasteiger partial charge in [-0.25, -0.2) is 9.97 Å². The number of nitrogens with one attached hydrogen (secondary N) is 1. The molecule has 1 aromatic rings. The van der Waals surface area contributed by atoms with Gasteiger partial charge in [-0.05, 0) is 12.2 Å². The maximum atomic E-state index is 5.41. The minimum absolute atomic E-state index is 0.536. The molecule has 6 heteroatoms. The number of aromatic nitrogens is 2. The molecule has 1 unspecified atom stereocenters. The summed E-state index contributed by atoms with van der Waals surface area (Å²) in [4.78, 5) is 10.7. The molecule has 0 bridgehead atoms. The smallest absolute Gasteiger partial charge is 0.204 e. The number of thioether (sulfide) groups is 1. The average molecular weight is 254 g/mol. The number of rotatable bonds is 4. The summed E-state index contributed by atoms with van der Waals surface area (Å²) in [6.45, 7) is 0. The summed E-state index contributed by atoms with van der Waals surface area (Å²) in [5.74, 6) is 4.68. The van der Waals surface area contributed by atoms with Crippen molar-refractivity contribution in [3.63, 3.8) is 0 Å². The second-order valence-corrected chi connectivity index (χ2v) is 5.11. The van der Waals surface area contributed by atoms with E-state index in [4.69, 9.17) is 4.74 Å². The van der Waals surface area contributed by atoms with Crippen molar-refractivity contribution in [3.8, 4) is 5.75 Å². The molecular weight excluding hydrogens is 236 g/mol. The lowest BCUT2D eigenvalue weighted by atomic mass is 10.2. The van der Waals surface area contributed by atoms with Gasteiger partial charge in [0.05, 0.1) is 7.11 Å². The fourth-order valence-electron chi connectivity index (χ4n) is 1.98. The summed E-state index contributed by atoms with van der Waals surface area (Å²) < 4.78 is 5.41. The summed E-state index contributed by atoms with van der Waals surface area (Å²) in [6.07, 6.45) is 2.77. The maximum Gasteiger partial charge on any atom is 0.204 e. The van der Waals surface area contributed by atoms with Crippen molar-refractivity contribution in [2.45, 2.75) is 12.5 Å². The van der Waals surface area contributed by atoms with Crippen molar-refractivity contribution in [1.82, 2.24) is 9.97 Å². The minimum atomic E-state index is 0.536. The molecule has 1 aliphatic heterocycles. The van der Waals surface area contributed by atoms with Gasteiger partial charge in [0.15, 0.2) is 11.6 Å². The molecule has 0 aromatic carbocycles. The zero-order valence-corrected chi connectivity index (χ0v) is 11.3. The van der Waals surface area contributed by atoms with Crippen LogP contribution in [0.1, 0.15) is 6.42 Å². The molecule has 1 atom stereocenters. The summed E-state index contributed by atoms with van der Waals surface area (Å²) in [6, 6.07) is 0.536. The molecule has 5 nitrogen and oxygen atoms in total. The van der Waals surface area contributed by atoms with E-state index in [9.17, 15) is 0 Å². The molecule has 1 N–H and O–H groups in total. The van der Waals surface area contributed by atoms with Crippen molar-refractivity contribution in [1.29, 1.82) is 0 Å². The minimum Gasteiger partial charge on any atom is -0.490 e. The SMILES string of the molecule is CNc1ncnc(N(C)C2CCSC2)c1OC. The van der Waals surface area contributed by atoms with Gasteiger partial charge >= 0.3 is 0 Å². The van der Waals surface area contributed by atoms with Crippen molar-refractivity contribution in [2.75, 3.05) is 42.9 Å². The predicted molar refractivity (Wildman–Crippen MR) is 72.3 cm³/mol. The number of anilines is 2. The van der Waals surface area contributed by atoms with E-state index in [-0.39, 0.29) is 0 Å². The molecule has 1 saturated heterocycles. The van der Waals surface area contributed by atoms with Gasteiger partial charge in [-0.3, -0.25) is 0 Å². The Morgan fingerprint density at radius 3 is 2.94 bits per heavy atom. The first-order valence-corrected chi connectivity index (χ1v) is 6.80. The first-order chi connectivity index (χ1) is 8.27. The van der Waals surface area contributed by atoms with Crippen LogP contribution in [0.3, 0.4) is 0 Å². The molecule has 2 heterocycles. The molecular formula is C11H18N4OS. The molecule has 17 heavy (non-hydrogen) atoms. The highest BCUT2D eigenvalue weighted by Crippen LogP contribution is 2.34. The topological polar surface area (TPSA) is 50.3 Å². The third-order valence-electron chi connectivity index (χ3n) is 3.01. The Balaban J connectivity index is 2.29. The highest BCUT2D eigenvalue weighted by atomic mass is 32.2. The third-order valence-corrected chi connectivity index (χ3v) is 4.16. The normalized spacial score (nSPS) is 19.1. The zero-order valence-electron chi connectivity index (χ0n) is 10.4. The number of ether oxygens (including phenoxy) is 1. The van der Waals surface area contributed by atoms with E-state index in [1.54, 1.807) is 13.4 Å². The summed E-state index contributed by atoms with van der Waals surface area (Å²) in [5, 5.41) is 3.02. The van der Waals surface area contributed by atoms with Crippen LogP contribution in [-0.2, 0) is 0 Å². The molecule has 0 saturated carbocycles. The van der Waals surface area contributed by atoms with E-state index >= 15 is 0 Å². The van der Waals surface area contributed by atoms with E-state index < -0.39 is 0 Å². The molecule has 0 amide bonds.